The number of aromatic amines is 1. The molecule has 0 radical (unpaired) electrons. The summed E-state index contributed by atoms with van der Waals surface area (Å²) in [5.41, 5.74) is 4.44. The van der Waals surface area contributed by atoms with Crippen LogP contribution in [0.2, 0.25) is 0 Å². The molecule has 0 saturated heterocycles. The number of nitrogens with zero attached hydrogens (tertiary/aromatic N) is 3. The summed E-state index contributed by atoms with van der Waals surface area (Å²) in [6, 6.07) is 10.1. The van der Waals surface area contributed by atoms with Crippen LogP contribution in [0.4, 0.5) is 4.39 Å². The van der Waals surface area contributed by atoms with E-state index in [4.69, 9.17) is 0 Å². The minimum Gasteiger partial charge on any atom is -0.290 e. The van der Waals surface area contributed by atoms with E-state index in [0.29, 0.717) is 23.3 Å². The third-order valence-corrected chi connectivity index (χ3v) is 4.26. The molecule has 0 atom stereocenters. The normalized spacial score (nSPS) is 11.1. The van der Waals surface area contributed by atoms with Gasteiger partial charge in [-0.05, 0) is 47.9 Å². The first kappa shape index (κ1) is 15.3. The van der Waals surface area contributed by atoms with Gasteiger partial charge in [0.2, 0.25) is 0 Å². The molecular weight excluding hydrogens is 319 g/mol. The topological polar surface area (TPSA) is 63.6 Å². The maximum atomic E-state index is 13.5. The molecule has 25 heavy (non-hydrogen) atoms. The van der Waals surface area contributed by atoms with E-state index in [1.54, 1.807) is 29.2 Å². The second-order valence-corrected chi connectivity index (χ2v) is 5.92. The zero-order valence-electron chi connectivity index (χ0n) is 13.5. The van der Waals surface area contributed by atoms with Crippen LogP contribution in [0.15, 0.2) is 59.8 Å². The van der Waals surface area contributed by atoms with Gasteiger partial charge in [0, 0.05) is 24.2 Å². The van der Waals surface area contributed by atoms with Crippen molar-refractivity contribution >= 4 is 11.2 Å². The molecule has 0 spiro atoms. The van der Waals surface area contributed by atoms with Crippen molar-refractivity contribution in [2.45, 2.75) is 13.5 Å². The van der Waals surface area contributed by atoms with E-state index in [1.807, 2.05) is 25.1 Å². The molecule has 1 N–H and O–H groups in total. The van der Waals surface area contributed by atoms with E-state index in [9.17, 15) is 9.18 Å². The summed E-state index contributed by atoms with van der Waals surface area (Å²) < 4.78 is 15.1. The molecule has 3 aromatic heterocycles. The van der Waals surface area contributed by atoms with E-state index in [-0.39, 0.29) is 11.5 Å². The van der Waals surface area contributed by atoms with Gasteiger partial charge in [-0.1, -0.05) is 12.1 Å². The van der Waals surface area contributed by atoms with Gasteiger partial charge in [0.15, 0.2) is 5.65 Å². The predicted molar refractivity (Wildman–Crippen MR) is 93.8 cm³/mol. The van der Waals surface area contributed by atoms with Crippen molar-refractivity contribution < 1.29 is 4.39 Å². The molecule has 0 fully saturated rings. The Kier molecular flexibility index (Phi) is 3.65. The monoisotopic (exact) mass is 334 g/mol. The van der Waals surface area contributed by atoms with Gasteiger partial charge in [0.1, 0.15) is 5.82 Å². The highest BCUT2D eigenvalue weighted by atomic mass is 19.1. The first-order valence-corrected chi connectivity index (χ1v) is 7.86. The van der Waals surface area contributed by atoms with E-state index >= 15 is 0 Å². The zero-order valence-corrected chi connectivity index (χ0v) is 13.5. The average Bonchev–Trinajstić information content (AvgIpc) is 2.92. The summed E-state index contributed by atoms with van der Waals surface area (Å²) in [4.78, 5) is 23.5. The first-order chi connectivity index (χ1) is 12.1. The molecule has 0 aliphatic heterocycles. The number of fused-ring (bicyclic) bond motifs is 1. The van der Waals surface area contributed by atoms with Crippen LogP contribution in [0.1, 0.15) is 11.1 Å². The summed E-state index contributed by atoms with van der Waals surface area (Å²) in [7, 11) is 0. The van der Waals surface area contributed by atoms with Crippen molar-refractivity contribution in [2.75, 3.05) is 0 Å². The number of rotatable bonds is 3. The highest BCUT2D eigenvalue weighted by Crippen LogP contribution is 2.22. The lowest BCUT2D eigenvalue weighted by Gasteiger charge is -2.07. The third-order valence-electron chi connectivity index (χ3n) is 4.26. The Bertz CT molecular complexity index is 1130. The minimum absolute atomic E-state index is 0.234. The smallest absolute Gasteiger partial charge is 0.290 e. The summed E-state index contributed by atoms with van der Waals surface area (Å²) >= 11 is 0. The van der Waals surface area contributed by atoms with E-state index in [1.165, 1.54) is 12.1 Å². The quantitative estimate of drug-likeness (QED) is 0.625. The van der Waals surface area contributed by atoms with Gasteiger partial charge >= 0.3 is 5.69 Å². The van der Waals surface area contributed by atoms with Crippen molar-refractivity contribution in [3.8, 4) is 11.1 Å². The highest BCUT2D eigenvalue weighted by molar-refractivity contribution is 5.78. The second-order valence-electron chi connectivity index (χ2n) is 5.92. The predicted octanol–water partition coefficient (Wildman–Crippen LogP) is 3.28. The SMILES string of the molecule is Cc1ccncc1Cn1c(=O)[nH]c2ncc(-c3cccc(F)c3)cc21. The summed E-state index contributed by atoms with van der Waals surface area (Å²) in [6.45, 7) is 2.38. The molecule has 4 aromatic rings. The van der Waals surface area contributed by atoms with Crippen LogP contribution in [0.25, 0.3) is 22.3 Å². The Morgan fingerprint density at radius 2 is 2.04 bits per heavy atom. The molecule has 5 nitrogen and oxygen atoms in total. The number of benzene rings is 1. The number of halogens is 1. The van der Waals surface area contributed by atoms with Crippen LogP contribution >= 0.6 is 0 Å². The van der Waals surface area contributed by atoms with Gasteiger partial charge in [-0.25, -0.2) is 14.2 Å². The van der Waals surface area contributed by atoms with Gasteiger partial charge < -0.3 is 0 Å². The van der Waals surface area contributed by atoms with Crippen molar-refractivity contribution in [2.24, 2.45) is 0 Å². The van der Waals surface area contributed by atoms with E-state index in [2.05, 4.69) is 15.0 Å². The Labute approximate surface area is 142 Å². The lowest BCUT2D eigenvalue weighted by molar-refractivity contribution is 0.628. The highest BCUT2D eigenvalue weighted by Gasteiger charge is 2.11. The fourth-order valence-corrected chi connectivity index (χ4v) is 2.85. The molecule has 3 heterocycles. The molecule has 0 aliphatic rings. The number of pyridine rings is 2. The fraction of sp³-hybridized carbons (Fsp3) is 0.105. The van der Waals surface area contributed by atoms with E-state index < -0.39 is 0 Å². The van der Waals surface area contributed by atoms with Gasteiger partial charge in [0.05, 0.1) is 12.1 Å². The van der Waals surface area contributed by atoms with Crippen LogP contribution in [0.5, 0.6) is 0 Å². The third kappa shape index (κ3) is 2.82. The van der Waals surface area contributed by atoms with Crippen LogP contribution in [-0.4, -0.2) is 19.5 Å². The zero-order chi connectivity index (χ0) is 17.4. The standard InChI is InChI=1S/C19H15FN4O/c1-12-5-6-21-9-15(12)11-24-17-8-14(10-22-18(17)23-19(24)25)13-3-2-4-16(20)7-13/h2-10H,11H2,1H3,(H,22,23,25). The van der Waals surface area contributed by atoms with Crippen LogP contribution in [0.3, 0.4) is 0 Å². The number of hydrogen-bond acceptors (Lipinski definition) is 3. The molecule has 1 aromatic carbocycles. The van der Waals surface area contributed by atoms with E-state index in [0.717, 1.165) is 16.7 Å². The molecule has 0 unspecified atom stereocenters. The number of aryl methyl sites for hydroxylation is 1. The fourth-order valence-electron chi connectivity index (χ4n) is 2.85. The van der Waals surface area contributed by atoms with Crippen molar-refractivity contribution in [3.63, 3.8) is 0 Å². The van der Waals surface area contributed by atoms with Crippen LogP contribution < -0.4 is 5.69 Å². The molecule has 0 bridgehead atoms. The molecule has 6 heteroatoms. The van der Waals surface area contributed by atoms with Crippen molar-refractivity contribution in [3.05, 3.63) is 82.4 Å². The van der Waals surface area contributed by atoms with Gasteiger partial charge in [0.25, 0.3) is 0 Å². The summed E-state index contributed by atoms with van der Waals surface area (Å²) in [6.07, 6.45) is 5.11. The molecular formula is C19H15FN4O. The summed E-state index contributed by atoms with van der Waals surface area (Å²) in [5, 5.41) is 0. The van der Waals surface area contributed by atoms with Gasteiger partial charge in [-0.2, -0.15) is 0 Å². The van der Waals surface area contributed by atoms with Crippen molar-refractivity contribution in [1.29, 1.82) is 0 Å². The number of H-pyrrole nitrogens is 1. The lowest BCUT2D eigenvalue weighted by Crippen LogP contribution is -2.17. The Morgan fingerprint density at radius 1 is 1.16 bits per heavy atom. The molecule has 0 saturated carbocycles. The number of aromatic nitrogens is 4. The molecule has 0 amide bonds. The summed E-state index contributed by atoms with van der Waals surface area (Å²) in [5.74, 6) is -0.310. The van der Waals surface area contributed by atoms with Crippen LogP contribution in [0, 0.1) is 12.7 Å². The molecule has 4 rings (SSSR count). The largest absolute Gasteiger partial charge is 0.327 e. The minimum atomic E-state index is -0.310. The molecule has 124 valence electrons. The molecule has 0 aliphatic carbocycles. The lowest BCUT2D eigenvalue weighted by atomic mass is 10.1. The Morgan fingerprint density at radius 3 is 2.84 bits per heavy atom. The second kappa shape index (κ2) is 5.98. The number of nitrogens with one attached hydrogen (secondary N) is 1. The van der Waals surface area contributed by atoms with Gasteiger partial charge in [-0.15, -0.1) is 0 Å². The average molecular weight is 334 g/mol. The number of imidazole rings is 1. The Hall–Kier alpha value is -3.28. The number of hydrogen-bond donors (Lipinski definition) is 1. The first-order valence-electron chi connectivity index (χ1n) is 7.86. The Balaban J connectivity index is 1.84. The van der Waals surface area contributed by atoms with Crippen LogP contribution in [-0.2, 0) is 6.54 Å². The maximum Gasteiger partial charge on any atom is 0.327 e. The van der Waals surface area contributed by atoms with Gasteiger partial charge in [-0.3, -0.25) is 14.5 Å². The van der Waals surface area contributed by atoms with Crippen molar-refractivity contribution in [1.82, 2.24) is 19.5 Å². The maximum absolute atomic E-state index is 13.5.